The van der Waals surface area contributed by atoms with Crippen LogP contribution in [0.1, 0.15) is 44.7 Å². The summed E-state index contributed by atoms with van der Waals surface area (Å²) in [4.78, 5) is 4.48. The Bertz CT molecular complexity index is 554. The molecular formula is C15H22N4. The number of anilines is 1. The van der Waals surface area contributed by atoms with E-state index in [1.165, 1.54) is 32.1 Å². The Morgan fingerprint density at radius 3 is 2.89 bits per heavy atom. The van der Waals surface area contributed by atoms with Crippen molar-refractivity contribution in [1.29, 1.82) is 0 Å². The molecule has 1 fully saturated rings. The zero-order valence-corrected chi connectivity index (χ0v) is 11.8. The van der Waals surface area contributed by atoms with Crippen LogP contribution >= 0.6 is 0 Å². The van der Waals surface area contributed by atoms with Crippen LogP contribution in [-0.4, -0.2) is 20.6 Å². The molecule has 19 heavy (non-hydrogen) atoms. The lowest BCUT2D eigenvalue weighted by molar-refractivity contribution is 0.328. The lowest BCUT2D eigenvalue weighted by Gasteiger charge is -2.28. The van der Waals surface area contributed by atoms with E-state index in [0.717, 1.165) is 22.9 Å². The molecule has 1 atom stereocenters. The molecule has 2 aromatic rings. The molecule has 0 amide bonds. The molecule has 0 spiro atoms. The summed E-state index contributed by atoms with van der Waals surface area (Å²) in [5.41, 5.74) is 2.10. The molecule has 2 heterocycles. The van der Waals surface area contributed by atoms with Gasteiger partial charge in [-0.15, -0.1) is 0 Å². The van der Waals surface area contributed by atoms with Crippen LogP contribution in [0, 0.1) is 12.8 Å². The average Bonchev–Trinajstić information content (AvgIpc) is 2.81. The monoisotopic (exact) mass is 258 g/mol. The Morgan fingerprint density at radius 1 is 1.32 bits per heavy atom. The summed E-state index contributed by atoms with van der Waals surface area (Å²) in [6.45, 7) is 4.30. The van der Waals surface area contributed by atoms with E-state index in [2.05, 4.69) is 28.4 Å². The molecule has 1 saturated carbocycles. The van der Waals surface area contributed by atoms with Crippen molar-refractivity contribution in [2.45, 2.75) is 52.0 Å². The van der Waals surface area contributed by atoms with E-state index in [9.17, 15) is 0 Å². The number of aromatic nitrogens is 3. The summed E-state index contributed by atoms with van der Waals surface area (Å²) < 4.78 is 1.90. The van der Waals surface area contributed by atoms with Gasteiger partial charge in [0.2, 0.25) is 0 Å². The van der Waals surface area contributed by atoms with Crippen LogP contribution in [-0.2, 0) is 0 Å². The molecule has 102 valence electrons. The predicted octanol–water partition coefficient (Wildman–Crippen LogP) is 3.42. The lowest BCUT2D eigenvalue weighted by Crippen LogP contribution is -2.28. The summed E-state index contributed by atoms with van der Waals surface area (Å²) >= 11 is 0. The number of nitrogens with zero attached hydrogens (tertiary/aromatic N) is 3. The first-order valence-corrected chi connectivity index (χ1v) is 7.31. The van der Waals surface area contributed by atoms with Gasteiger partial charge in [-0.3, -0.25) is 0 Å². The van der Waals surface area contributed by atoms with Gasteiger partial charge in [-0.05, 0) is 38.7 Å². The Kier molecular flexibility index (Phi) is 3.40. The normalized spacial score (nSPS) is 18.6. The number of fused-ring (bicyclic) bond motifs is 1. The molecule has 0 saturated heterocycles. The molecule has 0 bridgehead atoms. The minimum atomic E-state index is 0.481. The molecule has 0 aliphatic heterocycles. The third kappa shape index (κ3) is 2.57. The van der Waals surface area contributed by atoms with Gasteiger partial charge in [-0.25, -0.2) is 9.50 Å². The third-order valence-corrected chi connectivity index (χ3v) is 4.23. The molecule has 1 unspecified atom stereocenters. The Labute approximate surface area is 114 Å². The van der Waals surface area contributed by atoms with Gasteiger partial charge < -0.3 is 5.32 Å². The first kappa shape index (κ1) is 12.5. The fourth-order valence-corrected chi connectivity index (χ4v) is 3.12. The summed E-state index contributed by atoms with van der Waals surface area (Å²) in [6.07, 6.45) is 10.6. The summed E-state index contributed by atoms with van der Waals surface area (Å²) in [5.74, 6) is 1.74. The fourth-order valence-electron chi connectivity index (χ4n) is 3.12. The maximum Gasteiger partial charge on any atom is 0.152 e. The van der Waals surface area contributed by atoms with Crippen LogP contribution in [0.15, 0.2) is 18.5 Å². The molecular weight excluding hydrogens is 236 g/mol. The van der Waals surface area contributed by atoms with Crippen molar-refractivity contribution in [2.24, 2.45) is 5.92 Å². The molecule has 4 heteroatoms. The number of aryl methyl sites for hydroxylation is 1. The SMILES string of the molecule is Cc1cc2c(NC(C)C3CCCCC3)nccn2n1. The van der Waals surface area contributed by atoms with Crippen molar-refractivity contribution in [3.63, 3.8) is 0 Å². The Hall–Kier alpha value is -1.58. The Balaban J connectivity index is 1.80. The zero-order valence-electron chi connectivity index (χ0n) is 11.8. The van der Waals surface area contributed by atoms with Crippen LogP contribution in [0.5, 0.6) is 0 Å². The van der Waals surface area contributed by atoms with Gasteiger partial charge in [-0.1, -0.05) is 19.3 Å². The van der Waals surface area contributed by atoms with Crippen molar-refractivity contribution in [1.82, 2.24) is 14.6 Å². The van der Waals surface area contributed by atoms with Crippen LogP contribution in [0.2, 0.25) is 0 Å². The van der Waals surface area contributed by atoms with E-state index in [1.807, 2.05) is 23.8 Å². The number of hydrogen-bond donors (Lipinski definition) is 1. The van der Waals surface area contributed by atoms with Crippen molar-refractivity contribution in [3.05, 3.63) is 24.2 Å². The second-order valence-corrected chi connectivity index (χ2v) is 5.72. The van der Waals surface area contributed by atoms with Gasteiger partial charge in [0, 0.05) is 18.4 Å². The predicted molar refractivity (Wildman–Crippen MR) is 77.4 cm³/mol. The number of rotatable bonds is 3. The molecule has 2 aromatic heterocycles. The molecule has 1 aliphatic carbocycles. The van der Waals surface area contributed by atoms with Crippen LogP contribution in [0.4, 0.5) is 5.82 Å². The largest absolute Gasteiger partial charge is 0.366 e. The van der Waals surface area contributed by atoms with E-state index in [4.69, 9.17) is 0 Å². The average molecular weight is 258 g/mol. The van der Waals surface area contributed by atoms with E-state index >= 15 is 0 Å². The lowest BCUT2D eigenvalue weighted by atomic mass is 9.84. The summed E-state index contributed by atoms with van der Waals surface area (Å²) in [6, 6.07) is 2.57. The maximum absolute atomic E-state index is 4.48. The molecule has 3 rings (SSSR count). The standard InChI is InChI=1S/C15H22N4/c1-11-10-14-15(16-8-9-19(14)18-11)17-12(2)13-6-4-3-5-7-13/h8-10,12-13H,3-7H2,1-2H3,(H,16,17). The second-order valence-electron chi connectivity index (χ2n) is 5.72. The van der Waals surface area contributed by atoms with Crippen molar-refractivity contribution in [2.75, 3.05) is 5.32 Å². The van der Waals surface area contributed by atoms with Gasteiger partial charge >= 0.3 is 0 Å². The van der Waals surface area contributed by atoms with Crippen molar-refractivity contribution >= 4 is 11.3 Å². The highest BCUT2D eigenvalue weighted by Gasteiger charge is 2.20. The molecule has 1 aliphatic rings. The minimum Gasteiger partial charge on any atom is -0.366 e. The van der Waals surface area contributed by atoms with Gasteiger partial charge in [0.15, 0.2) is 5.82 Å². The van der Waals surface area contributed by atoms with Crippen LogP contribution < -0.4 is 5.32 Å². The van der Waals surface area contributed by atoms with E-state index in [1.54, 1.807) is 0 Å². The molecule has 0 aromatic carbocycles. The number of nitrogens with one attached hydrogen (secondary N) is 1. The second kappa shape index (κ2) is 5.19. The molecule has 1 N–H and O–H groups in total. The van der Waals surface area contributed by atoms with Gasteiger partial charge in [-0.2, -0.15) is 5.10 Å². The third-order valence-electron chi connectivity index (χ3n) is 4.23. The first-order chi connectivity index (χ1) is 9.24. The van der Waals surface area contributed by atoms with Crippen molar-refractivity contribution < 1.29 is 0 Å². The maximum atomic E-state index is 4.48. The highest BCUT2D eigenvalue weighted by atomic mass is 15.2. The Morgan fingerprint density at radius 2 is 2.11 bits per heavy atom. The van der Waals surface area contributed by atoms with Gasteiger partial charge in [0.25, 0.3) is 0 Å². The zero-order chi connectivity index (χ0) is 13.2. The first-order valence-electron chi connectivity index (χ1n) is 7.31. The van der Waals surface area contributed by atoms with Crippen molar-refractivity contribution in [3.8, 4) is 0 Å². The highest BCUT2D eigenvalue weighted by Crippen LogP contribution is 2.28. The van der Waals surface area contributed by atoms with E-state index in [0.29, 0.717) is 6.04 Å². The van der Waals surface area contributed by atoms with Crippen LogP contribution in [0.25, 0.3) is 5.52 Å². The smallest absolute Gasteiger partial charge is 0.152 e. The van der Waals surface area contributed by atoms with Gasteiger partial charge in [0.1, 0.15) is 5.52 Å². The van der Waals surface area contributed by atoms with Gasteiger partial charge in [0.05, 0.1) is 5.69 Å². The number of hydrogen-bond acceptors (Lipinski definition) is 3. The molecule has 0 radical (unpaired) electrons. The van der Waals surface area contributed by atoms with E-state index in [-0.39, 0.29) is 0 Å². The quantitative estimate of drug-likeness (QED) is 0.917. The summed E-state index contributed by atoms with van der Waals surface area (Å²) in [7, 11) is 0. The van der Waals surface area contributed by atoms with E-state index < -0.39 is 0 Å². The molecule has 4 nitrogen and oxygen atoms in total. The minimum absolute atomic E-state index is 0.481. The fraction of sp³-hybridized carbons (Fsp3) is 0.600. The topological polar surface area (TPSA) is 42.2 Å². The van der Waals surface area contributed by atoms with Crippen LogP contribution in [0.3, 0.4) is 0 Å². The summed E-state index contributed by atoms with van der Waals surface area (Å²) in [5, 5.41) is 8.03. The highest BCUT2D eigenvalue weighted by molar-refractivity contribution is 5.67.